The van der Waals surface area contributed by atoms with Gasteiger partial charge in [-0.3, -0.25) is 0 Å². The van der Waals surface area contributed by atoms with Gasteiger partial charge in [-0.1, -0.05) is 74.2 Å². The van der Waals surface area contributed by atoms with Gasteiger partial charge in [0, 0.05) is 13.2 Å². The zero-order valence-electron chi connectivity index (χ0n) is 20.1. The van der Waals surface area contributed by atoms with E-state index in [2.05, 4.69) is 85.8 Å². The molecule has 0 saturated heterocycles. The van der Waals surface area contributed by atoms with Crippen molar-refractivity contribution in [2.75, 3.05) is 19.8 Å². The second-order valence-corrected chi connectivity index (χ2v) is 23.5. The van der Waals surface area contributed by atoms with Crippen molar-refractivity contribution in [3.8, 4) is 0 Å². The lowest BCUT2D eigenvalue weighted by Crippen LogP contribution is -2.68. The van der Waals surface area contributed by atoms with Crippen LogP contribution in [0.15, 0.2) is 0 Å². The molecule has 0 fully saturated rings. The molecule has 0 aromatic heterocycles. The Labute approximate surface area is 169 Å². The van der Waals surface area contributed by atoms with Crippen LogP contribution in [0, 0.1) is 0 Å². The highest BCUT2D eigenvalue weighted by molar-refractivity contribution is 6.93. The summed E-state index contributed by atoms with van der Waals surface area (Å²) in [5, 5.41) is 0.771. The lowest BCUT2D eigenvalue weighted by atomic mass is 10.2. The molecule has 0 aliphatic heterocycles. The smallest absolute Gasteiger partial charge is 0.321 e. The molecule has 0 atom stereocenters. The van der Waals surface area contributed by atoms with E-state index in [1.54, 1.807) is 0 Å². The van der Waals surface area contributed by atoms with E-state index in [9.17, 15) is 0 Å². The molecule has 26 heavy (non-hydrogen) atoms. The highest BCUT2D eigenvalue weighted by Crippen LogP contribution is 2.46. The number of hydrogen-bond donors (Lipinski definition) is 0. The van der Waals surface area contributed by atoms with Crippen molar-refractivity contribution in [2.24, 2.45) is 0 Å². The zero-order chi connectivity index (χ0) is 20.8. The number of hydrogen-bond acceptors (Lipinski definition) is 3. The van der Waals surface area contributed by atoms with E-state index in [0.717, 1.165) is 19.3 Å². The van der Waals surface area contributed by atoms with Gasteiger partial charge in [-0.2, -0.15) is 0 Å². The maximum atomic E-state index is 5.85. The Morgan fingerprint density at radius 1 is 0.731 bits per heavy atom. The van der Waals surface area contributed by atoms with Gasteiger partial charge in [-0.15, -0.1) is 0 Å². The summed E-state index contributed by atoms with van der Waals surface area (Å²) in [6.45, 7) is 32.0. The van der Waals surface area contributed by atoms with Gasteiger partial charge in [-0.05, 0) is 42.9 Å². The molecule has 3 nitrogen and oxygen atoms in total. The summed E-state index contributed by atoms with van der Waals surface area (Å²) >= 11 is 0. The van der Waals surface area contributed by atoms with Crippen LogP contribution in [-0.4, -0.2) is 49.7 Å². The molecule has 0 aromatic rings. The van der Waals surface area contributed by atoms with E-state index in [1.165, 1.54) is 19.4 Å². The van der Waals surface area contributed by atoms with Gasteiger partial charge >= 0.3 is 9.28 Å². The van der Waals surface area contributed by atoms with E-state index in [0.29, 0.717) is 10.1 Å². The zero-order valence-corrected chi connectivity index (χ0v) is 23.2. The molecule has 0 spiro atoms. The second kappa shape index (κ2) is 10.3. The van der Waals surface area contributed by atoms with Crippen molar-refractivity contribution in [1.82, 2.24) is 4.23 Å². The highest BCUT2D eigenvalue weighted by atomic mass is 28.4. The Morgan fingerprint density at radius 3 is 1.42 bits per heavy atom. The fraction of sp³-hybridized carbons (Fsp3) is 1.00. The summed E-state index contributed by atoms with van der Waals surface area (Å²) in [6, 6.07) is 1.14. The minimum absolute atomic E-state index is 0.385. The fourth-order valence-corrected chi connectivity index (χ4v) is 15.7. The third kappa shape index (κ3) is 7.17. The van der Waals surface area contributed by atoms with Gasteiger partial charge in [0.05, 0.1) is 0 Å². The van der Waals surface area contributed by atoms with E-state index in [1.807, 2.05) is 0 Å². The van der Waals surface area contributed by atoms with Crippen LogP contribution in [0.2, 0.25) is 42.3 Å². The predicted molar refractivity (Wildman–Crippen MR) is 126 cm³/mol. The molecule has 0 amide bonds. The standard InChI is InChI=1S/C20H49NO2Si3/c1-13-22-24(23-14-2)18-16-15-17-21(25(9,10)19(3,4)5)26(11,12)20(6,7)8/h24H,13-18H2,1-12H3. The first-order valence-corrected chi connectivity index (χ1v) is 18.3. The summed E-state index contributed by atoms with van der Waals surface area (Å²) in [5.74, 6) is 0. The predicted octanol–water partition coefficient (Wildman–Crippen LogP) is 6.37. The third-order valence-electron chi connectivity index (χ3n) is 6.80. The molecule has 0 heterocycles. The molecule has 158 valence electrons. The van der Waals surface area contributed by atoms with Crippen LogP contribution in [0.4, 0.5) is 0 Å². The van der Waals surface area contributed by atoms with Crippen LogP contribution in [0.25, 0.3) is 0 Å². The molecule has 0 rings (SSSR count). The Balaban J connectivity index is 5.18. The van der Waals surface area contributed by atoms with Crippen LogP contribution >= 0.6 is 0 Å². The summed E-state index contributed by atoms with van der Waals surface area (Å²) in [6.07, 6.45) is 2.50. The van der Waals surface area contributed by atoms with Crippen molar-refractivity contribution in [2.45, 2.75) is 111 Å². The molecular formula is C20H49NO2Si3. The Morgan fingerprint density at radius 2 is 1.12 bits per heavy atom. The normalized spacial score (nSPS) is 14.5. The van der Waals surface area contributed by atoms with Crippen LogP contribution in [-0.2, 0) is 8.85 Å². The third-order valence-corrected chi connectivity index (χ3v) is 22.9. The molecule has 0 aliphatic carbocycles. The van der Waals surface area contributed by atoms with Gasteiger partial charge < -0.3 is 13.1 Å². The maximum absolute atomic E-state index is 5.85. The minimum atomic E-state index is -1.54. The van der Waals surface area contributed by atoms with Gasteiger partial charge in [0.1, 0.15) is 16.5 Å². The summed E-state index contributed by atoms with van der Waals surface area (Å²) in [5.41, 5.74) is 0. The van der Waals surface area contributed by atoms with Crippen LogP contribution in [0.3, 0.4) is 0 Å². The molecule has 0 radical (unpaired) electrons. The molecule has 0 aliphatic rings. The lowest BCUT2D eigenvalue weighted by molar-refractivity contribution is 0.212. The quantitative estimate of drug-likeness (QED) is 0.287. The Bertz CT molecular complexity index is 369. The lowest BCUT2D eigenvalue weighted by Gasteiger charge is -2.57. The van der Waals surface area contributed by atoms with Crippen LogP contribution < -0.4 is 0 Å². The largest absolute Gasteiger partial charge is 0.397 e. The molecule has 6 heteroatoms. The van der Waals surface area contributed by atoms with E-state index in [-0.39, 0.29) is 0 Å². The summed E-state index contributed by atoms with van der Waals surface area (Å²) < 4.78 is 14.7. The number of rotatable bonds is 11. The average molecular weight is 420 g/mol. The number of unbranched alkanes of at least 4 members (excludes halogenated alkanes) is 1. The monoisotopic (exact) mass is 419 g/mol. The Hall–Kier alpha value is 0.531. The van der Waals surface area contributed by atoms with E-state index >= 15 is 0 Å². The van der Waals surface area contributed by atoms with Crippen molar-refractivity contribution >= 4 is 25.8 Å². The number of nitrogens with zero attached hydrogens (tertiary/aromatic N) is 1. The molecule has 0 aromatic carbocycles. The second-order valence-electron chi connectivity index (χ2n) is 10.6. The van der Waals surface area contributed by atoms with Crippen molar-refractivity contribution in [1.29, 1.82) is 0 Å². The molecule has 0 bridgehead atoms. The minimum Gasteiger partial charge on any atom is -0.397 e. The Kier molecular flexibility index (Phi) is 10.6. The van der Waals surface area contributed by atoms with Gasteiger partial charge in [0.25, 0.3) is 0 Å². The first-order chi connectivity index (χ1) is 11.6. The summed E-state index contributed by atoms with van der Waals surface area (Å²) in [4.78, 5) is 0. The fourth-order valence-electron chi connectivity index (χ4n) is 3.24. The molecular weight excluding hydrogens is 370 g/mol. The first kappa shape index (κ1) is 26.5. The van der Waals surface area contributed by atoms with E-state index < -0.39 is 25.8 Å². The van der Waals surface area contributed by atoms with Crippen molar-refractivity contribution in [3.05, 3.63) is 0 Å². The van der Waals surface area contributed by atoms with Gasteiger partial charge in [-0.25, -0.2) is 0 Å². The van der Waals surface area contributed by atoms with Gasteiger partial charge in [0.15, 0.2) is 0 Å². The topological polar surface area (TPSA) is 21.7 Å². The highest BCUT2D eigenvalue weighted by Gasteiger charge is 2.51. The maximum Gasteiger partial charge on any atom is 0.321 e. The first-order valence-electron chi connectivity index (χ1n) is 10.6. The average Bonchev–Trinajstić information content (AvgIpc) is 2.44. The van der Waals surface area contributed by atoms with Gasteiger partial charge in [0.2, 0.25) is 0 Å². The molecule has 0 saturated carbocycles. The van der Waals surface area contributed by atoms with Crippen molar-refractivity contribution in [3.63, 3.8) is 0 Å². The SMILES string of the molecule is CCO[SiH](CCCCN([Si](C)(C)C(C)(C)C)[Si](C)(C)C(C)(C)C)OCC. The van der Waals surface area contributed by atoms with Crippen molar-refractivity contribution < 1.29 is 8.85 Å². The summed E-state index contributed by atoms with van der Waals surface area (Å²) in [7, 11) is -4.53. The molecule has 0 N–H and O–H groups in total. The molecule has 0 unspecified atom stereocenters. The van der Waals surface area contributed by atoms with E-state index in [4.69, 9.17) is 8.85 Å². The van der Waals surface area contributed by atoms with Crippen LogP contribution in [0.1, 0.15) is 68.2 Å². The van der Waals surface area contributed by atoms with Crippen LogP contribution in [0.5, 0.6) is 0 Å².